The van der Waals surface area contributed by atoms with Crippen molar-refractivity contribution in [2.24, 2.45) is 5.92 Å². The molecule has 0 unspecified atom stereocenters. The molecule has 1 aromatic heterocycles. The van der Waals surface area contributed by atoms with E-state index in [2.05, 4.69) is 17.2 Å². The zero-order valence-corrected chi connectivity index (χ0v) is 12.5. The Morgan fingerprint density at radius 2 is 2.15 bits per heavy atom. The molecule has 0 saturated carbocycles. The molecule has 1 aromatic carbocycles. The number of fused-ring (bicyclic) bond motifs is 1. The minimum absolute atomic E-state index is 0.0270. The van der Waals surface area contributed by atoms with Crippen LogP contribution in [-0.4, -0.2) is 24.5 Å². The van der Waals surface area contributed by atoms with Crippen LogP contribution in [0.4, 0.5) is 0 Å². The Kier molecular flexibility index (Phi) is 4.32. The molecule has 4 nitrogen and oxygen atoms in total. The Bertz CT molecular complexity index is 614. The summed E-state index contributed by atoms with van der Waals surface area (Å²) < 4.78 is 5.28. The number of H-pyrrole nitrogens is 1. The van der Waals surface area contributed by atoms with Crippen LogP contribution < -0.4 is 10.1 Å². The van der Waals surface area contributed by atoms with E-state index >= 15 is 0 Å². The fourth-order valence-corrected chi connectivity index (χ4v) is 2.33. The van der Waals surface area contributed by atoms with Gasteiger partial charge in [0.05, 0.1) is 7.11 Å². The van der Waals surface area contributed by atoms with Gasteiger partial charge < -0.3 is 15.0 Å². The maximum absolute atomic E-state index is 11.6. The average Bonchev–Trinajstić information content (AvgIpc) is 2.74. The highest BCUT2D eigenvalue weighted by atomic mass is 16.5. The van der Waals surface area contributed by atoms with Crippen molar-refractivity contribution in [2.45, 2.75) is 27.2 Å². The van der Waals surface area contributed by atoms with E-state index in [1.807, 2.05) is 32.0 Å². The van der Waals surface area contributed by atoms with Crippen molar-refractivity contribution >= 4 is 16.8 Å². The third-order valence-corrected chi connectivity index (χ3v) is 3.53. The molecule has 0 bridgehead atoms. The van der Waals surface area contributed by atoms with Gasteiger partial charge in [0.1, 0.15) is 5.75 Å². The van der Waals surface area contributed by atoms with Gasteiger partial charge in [0.25, 0.3) is 0 Å². The fourth-order valence-electron chi connectivity index (χ4n) is 2.33. The van der Waals surface area contributed by atoms with Gasteiger partial charge in [0.2, 0.25) is 5.91 Å². The molecule has 0 fully saturated rings. The van der Waals surface area contributed by atoms with Crippen LogP contribution in [0.2, 0.25) is 0 Å². The van der Waals surface area contributed by atoms with Crippen molar-refractivity contribution in [1.29, 1.82) is 0 Å². The van der Waals surface area contributed by atoms with Crippen molar-refractivity contribution in [1.82, 2.24) is 10.3 Å². The number of nitrogens with one attached hydrogen (secondary N) is 2. The van der Waals surface area contributed by atoms with Crippen molar-refractivity contribution in [2.75, 3.05) is 13.7 Å². The van der Waals surface area contributed by atoms with Gasteiger partial charge in [-0.1, -0.05) is 13.8 Å². The number of hydrogen-bond donors (Lipinski definition) is 2. The van der Waals surface area contributed by atoms with Crippen LogP contribution in [0.5, 0.6) is 5.75 Å². The number of aryl methyl sites for hydroxylation is 1. The summed E-state index contributed by atoms with van der Waals surface area (Å²) in [6.07, 6.45) is 0.817. The second-order valence-corrected chi connectivity index (χ2v) is 5.34. The quantitative estimate of drug-likeness (QED) is 0.881. The lowest BCUT2D eigenvalue weighted by Crippen LogP contribution is -2.29. The lowest BCUT2D eigenvalue weighted by Gasteiger charge is -2.08. The minimum atomic E-state index is 0.0270. The average molecular weight is 274 g/mol. The zero-order valence-electron chi connectivity index (χ0n) is 12.5. The van der Waals surface area contributed by atoms with Crippen molar-refractivity contribution in [3.8, 4) is 5.75 Å². The summed E-state index contributed by atoms with van der Waals surface area (Å²) in [7, 11) is 1.67. The number of carbonyl (C=O) groups is 1. The number of aromatic nitrogens is 1. The molecule has 0 saturated heterocycles. The van der Waals surface area contributed by atoms with Crippen LogP contribution in [-0.2, 0) is 11.2 Å². The number of hydrogen-bond acceptors (Lipinski definition) is 2. The van der Waals surface area contributed by atoms with E-state index in [-0.39, 0.29) is 11.8 Å². The first kappa shape index (κ1) is 14.4. The molecule has 0 atom stereocenters. The van der Waals surface area contributed by atoms with Gasteiger partial charge in [-0.3, -0.25) is 4.79 Å². The molecule has 0 aliphatic carbocycles. The summed E-state index contributed by atoms with van der Waals surface area (Å²) in [5.74, 6) is 0.975. The lowest BCUT2D eigenvalue weighted by atomic mass is 10.1. The predicted octanol–water partition coefficient (Wildman–Crippen LogP) is 2.80. The highest BCUT2D eigenvalue weighted by Gasteiger charge is 2.11. The number of rotatable bonds is 5. The zero-order chi connectivity index (χ0) is 14.7. The molecular weight excluding hydrogens is 252 g/mol. The van der Waals surface area contributed by atoms with Crippen molar-refractivity contribution < 1.29 is 9.53 Å². The van der Waals surface area contributed by atoms with Gasteiger partial charge in [-0.05, 0) is 37.1 Å². The Labute approximate surface area is 119 Å². The molecule has 1 amide bonds. The molecule has 2 aromatic rings. The van der Waals surface area contributed by atoms with E-state index in [4.69, 9.17) is 4.74 Å². The maximum Gasteiger partial charge on any atom is 0.222 e. The molecule has 108 valence electrons. The fraction of sp³-hybridized carbons (Fsp3) is 0.438. The van der Waals surface area contributed by atoms with E-state index < -0.39 is 0 Å². The predicted molar refractivity (Wildman–Crippen MR) is 81.1 cm³/mol. The number of carbonyl (C=O) groups excluding carboxylic acids is 1. The monoisotopic (exact) mass is 274 g/mol. The highest BCUT2D eigenvalue weighted by molar-refractivity contribution is 5.86. The van der Waals surface area contributed by atoms with Crippen LogP contribution >= 0.6 is 0 Å². The summed E-state index contributed by atoms with van der Waals surface area (Å²) in [4.78, 5) is 15.0. The maximum atomic E-state index is 11.6. The molecule has 2 N–H and O–H groups in total. The van der Waals surface area contributed by atoms with Gasteiger partial charge in [0, 0.05) is 29.1 Å². The van der Waals surface area contributed by atoms with E-state index in [0.717, 1.165) is 23.4 Å². The lowest BCUT2D eigenvalue weighted by molar-refractivity contribution is -0.123. The largest absolute Gasteiger partial charge is 0.497 e. The smallest absolute Gasteiger partial charge is 0.222 e. The number of ether oxygens (including phenoxy) is 1. The van der Waals surface area contributed by atoms with Gasteiger partial charge in [-0.15, -0.1) is 0 Å². The van der Waals surface area contributed by atoms with Crippen LogP contribution in [0.15, 0.2) is 18.2 Å². The number of methoxy groups -OCH3 is 1. The highest BCUT2D eigenvalue weighted by Crippen LogP contribution is 2.26. The molecule has 20 heavy (non-hydrogen) atoms. The normalized spacial score (nSPS) is 11.1. The Balaban J connectivity index is 2.16. The first-order chi connectivity index (χ1) is 9.52. The first-order valence-corrected chi connectivity index (χ1v) is 6.96. The summed E-state index contributed by atoms with van der Waals surface area (Å²) in [5, 5.41) is 4.12. The Hall–Kier alpha value is -1.97. The van der Waals surface area contributed by atoms with Gasteiger partial charge in [0.15, 0.2) is 0 Å². The van der Waals surface area contributed by atoms with E-state index in [9.17, 15) is 4.79 Å². The standard InChI is InChI=1S/C16H22N2O2/c1-10(2)16(19)17-8-7-13-11(3)18-15-6-5-12(20-4)9-14(13)15/h5-6,9-10,18H,7-8H2,1-4H3,(H,17,19). The molecule has 0 radical (unpaired) electrons. The van der Waals surface area contributed by atoms with E-state index in [0.29, 0.717) is 6.54 Å². The molecular formula is C16H22N2O2. The Morgan fingerprint density at radius 1 is 1.40 bits per heavy atom. The molecule has 0 aliphatic rings. The molecule has 4 heteroatoms. The minimum Gasteiger partial charge on any atom is -0.497 e. The van der Waals surface area contributed by atoms with Crippen LogP contribution in [0, 0.1) is 12.8 Å². The van der Waals surface area contributed by atoms with Crippen molar-refractivity contribution in [3.05, 3.63) is 29.5 Å². The SMILES string of the molecule is COc1ccc2[nH]c(C)c(CCNC(=O)C(C)C)c2c1. The topological polar surface area (TPSA) is 54.1 Å². The van der Waals surface area contributed by atoms with Crippen LogP contribution in [0.25, 0.3) is 10.9 Å². The molecule has 0 aliphatic heterocycles. The van der Waals surface area contributed by atoms with Gasteiger partial charge >= 0.3 is 0 Å². The molecule has 1 heterocycles. The van der Waals surface area contributed by atoms with Crippen molar-refractivity contribution in [3.63, 3.8) is 0 Å². The number of amides is 1. The van der Waals surface area contributed by atoms with E-state index in [1.54, 1.807) is 7.11 Å². The second kappa shape index (κ2) is 5.99. The van der Waals surface area contributed by atoms with E-state index in [1.165, 1.54) is 10.9 Å². The Morgan fingerprint density at radius 3 is 2.80 bits per heavy atom. The second-order valence-electron chi connectivity index (χ2n) is 5.34. The summed E-state index contributed by atoms with van der Waals surface area (Å²) in [6.45, 7) is 6.52. The van der Waals surface area contributed by atoms with Gasteiger partial charge in [-0.2, -0.15) is 0 Å². The molecule has 0 spiro atoms. The number of benzene rings is 1. The summed E-state index contributed by atoms with van der Waals surface area (Å²) in [6, 6.07) is 6.01. The summed E-state index contributed by atoms with van der Waals surface area (Å²) >= 11 is 0. The van der Waals surface area contributed by atoms with Crippen LogP contribution in [0.1, 0.15) is 25.1 Å². The number of aromatic amines is 1. The van der Waals surface area contributed by atoms with Gasteiger partial charge in [-0.25, -0.2) is 0 Å². The molecule has 2 rings (SSSR count). The third-order valence-electron chi connectivity index (χ3n) is 3.53. The first-order valence-electron chi connectivity index (χ1n) is 6.96. The van der Waals surface area contributed by atoms with Crippen LogP contribution in [0.3, 0.4) is 0 Å². The summed E-state index contributed by atoms with van der Waals surface area (Å²) in [5.41, 5.74) is 3.49. The third kappa shape index (κ3) is 2.95.